The number of hydrogen-bond donors (Lipinski definition) is 1. The van der Waals surface area contributed by atoms with E-state index in [9.17, 15) is 0 Å². The quantitative estimate of drug-likeness (QED) is 0.493. The van der Waals surface area contributed by atoms with E-state index in [-0.39, 0.29) is 0 Å². The average molecular weight is 312 g/mol. The minimum Gasteiger partial charge on any atom is -0.354 e. The fourth-order valence-electron chi connectivity index (χ4n) is 3.08. The zero-order valence-corrected chi connectivity index (χ0v) is 13.8. The van der Waals surface area contributed by atoms with Crippen molar-refractivity contribution < 1.29 is 0 Å². The fraction of sp³-hybridized carbons (Fsp3) is 0.300. The Balaban J connectivity index is 2.03. The van der Waals surface area contributed by atoms with Crippen LogP contribution in [0.5, 0.6) is 0 Å². The second-order valence-electron chi connectivity index (χ2n) is 5.81. The molecule has 0 unspecified atom stereocenters. The molecule has 2 aromatic carbocycles. The first-order valence-electron chi connectivity index (χ1n) is 8.15. The van der Waals surface area contributed by atoms with E-state index in [4.69, 9.17) is 11.6 Å². The van der Waals surface area contributed by atoms with Gasteiger partial charge in [0.1, 0.15) is 0 Å². The third kappa shape index (κ3) is 3.05. The molecule has 0 atom stereocenters. The SMILES string of the molecule is CCCCCCc1c(-c2ccccc2Cl)[nH]c2ccccc12. The van der Waals surface area contributed by atoms with Gasteiger partial charge in [-0.15, -0.1) is 0 Å². The molecule has 1 heterocycles. The maximum absolute atomic E-state index is 6.42. The van der Waals surface area contributed by atoms with Gasteiger partial charge in [0.25, 0.3) is 0 Å². The molecule has 0 saturated carbocycles. The summed E-state index contributed by atoms with van der Waals surface area (Å²) in [6.07, 6.45) is 6.20. The van der Waals surface area contributed by atoms with Crippen molar-refractivity contribution in [2.75, 3.05) is 0 Å². The number of rotatable bonds is 6. The van der Waals surface area contributed by atoms with Crippen LogP contribution < -0.4 is 0 Å². The van der Waals surface area contributed by atoms with Crippen LogP contribution in [-0.2, 0) is 6.42 Å². The summed E-state index contributed by atoms with van der Waals surface area (Å²) in [4.78, 5) is 3.58. The van der Waals surface area contributed by atoms with Crippen LogP contribution in [0.4, 0.5) is 0 Å². The lowest BCUT2D eigenvalue weighted by molar-refractivity contribution is 0.668. The molecule has 0 spiro atoms. The van der Waals surface area contributed by atoms with E-state index in [0.29, 0.717) is 0 Å². The van der Waals surface area contributed by atoms with Crippen LogP contribution >= 0.6 is 11.6 Å². The molecule has 1 nitrogen and oxygen atoms in total. The molecule has 0 amide bonds. The largest absolute Gasteiger partial charge is 0.354 e. The van der Waals surface area contributed by atoms with E-state index in [1.54, 1.807) is 0 Å². The predicted molar refractivity (Wildman–Crippen MR) is 96.6 cm³/mol. The van der Waals surface area contributed by atoms with Crippen LogP contribution in [-0.4, -0.2) is 4.98 Å². The van der Waals surface area contributed by atoms with E-state index >= 15 is 0 Å². The summed E-state index contributed by atoms with van der Waals surface area (Å²) in [5.41, 5.74) is 4.89. The number of halogens is 1. The number of aryl methyl sites for hydroxylation is 1. The summed E-state index contributed by atoms with van der Waals surface area (Å²) in [5.74, 6) is 0. The van der Waals surface area contributed by atoms with Crippen molar-refractivity contribution >= 4 is 22.5 Å². The molecule has 0 aliphatic heterocycles. The van der Waals surface area contributed by atoms with E-state index in [2.05, 4.69) is 42.2 Å². The lowest BCUT2D eigenvalue weighted by atomic mass is 9.99. The van der Waals surface area contributed by atoms with Gasteiger partial charge in [-0.05, 0) is 30.5 Å². The van der Waals surface area contributed by atoms with E-state index in [1.165, 1.54) is 47.8 Å². The summed E-state index contributed by atoms with van der Waals surface area (Å²) >= 11 is 6.42. The molecule has 22 heavy (non-hydrogen) atoms. The summed E-state index contributed by atoms with van der Waals surface area (Å²) in [5, 5.41) is 2.14. The van der Waals surface area contributed by atoms with E-state index in [0.717, 1.165) is 17.0 Å². The highest BCUT2D eigenvalue weighted by atomic mass is 35.5. The van der Waals surface area contributed by atoms with Gasteiger partial charge in [0, 0.05) is 21.5 Å². The van der Waals surface area contributed by atoms with Crippen molar-refractivity contribution in [2.45, 2.75) is 39.0 Å². The third-order valence-corrected chi connectivity index (χ3v) is 4.57. The molecule has 1 aromatic heterocycles. The summed E-state index contributed by atoms with van der Waals surface area (Å²) < 4.78 is 0. The predicted octanol–water partition coefficient (Wildman–Crippen LogP) is 6.61. The van der Waals surface area contributed by atoms with Gasteiger partial charge in [0.15, 0.2) is 0 Å². The normalized spacial score (nSPS) is 11.2. The van der Waals surface area contributed by atoms with Crippen LogP contribution in [0.15, 0.2) is 48.5 Å². The molecule has 0 radical (unpaired) electrons. The van der Waals surface area contributed by atoms with E-state index in [1.807, 2.05) is 18.2 Å². The Kier molecular flexibility index (Phi) is 4.84. The summed E-state index contributed by atoms with van der Waals surface area (Å²) in [6, 6.07) is 16.6. The Hall–Kier alpha value is -1.73. The van der Waals surface area contributed by atoms with Gasteiger partial charge < -0.3 is 4.98 Å². The van der Waals surface area contributed by atoms with Gasteiger partial charge in [-0.3, -0.25) is 0 Å². The number of aromatic amines is 1. The molecule has 0 bridgehead atoms. The third-order valence-electron chi connectivity index (χ3n) is 4.24. The Morgan fingerprint density at radius 1 is 0.909 bits per heavy atom. The van der Waals surface area contributed by atoms with Crippen LogP contribution in [0.1, 0.15) is 38.2 Å². The first kappa shape index (κ1) is 15.2. The number of hydrogen-bond acceptors (Lipinski definition) is 0. The molecule has 2 heteroatoms. The summed E-state index contributed by atoms with van der Waals surface area (Å²) in [7, 11) is 0. The molecule has 0 fully saturated rings. The second kappa shape index (κ2) is 7.02. The highest BCUT2D eigenvalue weighted by Gasteiger charge is 2.14. The van der Waals surface area contributed by atoms with Crippen molar-refractivity contribution in [1.82, 2.24) is 4.98 Å². The maximum atomic E-state index is 6.42. The number of nitrogens with one attached hydrogen (secondary N) is 1. The minimum atomic E-state index is 0.809. The highest BCUT2D eigenvalue weighted by Crippen LogP contribution is 2.35. The van der Waals surface area contributed by atoms with Gasteiger partial charge in [0.2, 0.25) is 0 Å². The Morgan fingerprint density at radius 2 is 1.68 bits per heavy atom. The summed E-state index contributed by atoms with van der Waals surface area (Å²) in [6.45, 7) is 2.25. The molecule has 0 aliphatic rings. The number of para-hydroxylation sites is 1. The molecular weight excluding hydrogens is 290 g/mol. The molecule has 0 saturated heterocycles. The van der Waals surface area contributed by atoms with Crippen LogP contribution in [0, 0.1) is 0 Å². The van der Waals surface area contributed by atoms with Crippen molar-refractivity contribution in [1.29, 1.82) is 0 Å². The number of fused-ring (bicyclic) bond motifs is 1. The van der Waals surface area contributed by atoms with Crippen molar-refractivity contribution in [2.24, 2.45) is 0 Å². The molecule has 1 N–H and O–H groups in total. The van der Waals surface area contributed by atoms with Crippen LogP contribution in [0.25, 0.3) is 22.2 Å². The monoisotopic (exact) mass is 311 g/mol. The van der Waals surface area contributed by atoms with Gasteiger partial charge in [-0.25, -0.2) is 0 Å². The standard InChI is InChI=1S/C20H22ClN/c1-2-3-4-5-11-16-15-10-7-9-14-19(15)22-20(16)17-12-6-8-13-18(17)21/h6-10,12-14,22H,2-5,11H2,1H3. The smallest absolute Gasteiger partial charge is 0.0512 e. The molecule has 3 aromatic rings. The van der Waals surface area contributed by atoms with Gasteiger partial charge in [-0.1, -0.05) is 74.2 Å². The highest BCUT2D eigenvalue weighted by molar-refractivity contribution is 6.33. The molecule has 114 valence electrons. The number of unbranched alkanes of at least 4 members (excludes halogenated alkanes) is 3. The lowest BCUT2D eigenvalue weighted by Crippen LogP contribution is -1.89. The zero-order chi connectivity index (χ0) is 15.4. The molecule has 3 rings (SSSR count). The van der Waals surface area contributed by atoms with E-state index < -0.39 is 0 Å². The van der Waals surface area contributed by atoms with Crippen molar-refractivity contribution in [3.8, 4) is 11.3 Å². The van der Waals surface area contributed by atoms with Crippen LogP contribution in [0.2, 0.25) is 5.02 Å². The van der Waals surface area contributed by atoms with Crippen molar-refractivity contribution in [3.63, 3.8) is 0 Å². The number of aromatic nitrogens is 1. The zero-order valence-electron chi connectivity index (χ0n) is 13.0. The number of benzene rings is 2. The fourth-order valence-corrected chi connectivity index (χ4v) is 3.31. The van der Waals surface area contributed by atoms with Gasteiger partial charge >= 0.3 is 0 Å². The molecular formula is C20H22ClN. The Labute approximate surface area is 137 Å². The van der Waals surface area contributed by atoms with Gasteiger partial charge in [-0.2, -0.15) is 0 Å². The topological polar surface area (TPSA) is 15.8 Å². The van der Waals surface area contributed by atoms with Crippen LogP contribution in [0.3, 0.4) is 0 Å². The minimum absolute atomic E-state index is 0.809. The Bertz CT molecular complexity index is 757. The Morgan fingerprint density at radius 3 is 2.50 bits per heavy atom. The average Bonchev–Trinajstić information content (AvgIpc) is 2.90. The van der Waals surface area contributed by atoms with Crippen molar-refractivity contribution in [3.05, 3.63) is 59.1 Å². The maximum Gasteiger partial charge on any atom is 0.0512 e. The number of H-pyrrole nitrogens is 1. The van der Waals surface area contributed by atoms with Gasteiger partial charge in [0.05, 0.1) is 5.69 Å². The lowest BCUT2D eigenvalue weighted by Gasteiger charge is -2.07. The molecule has 0 aliphatic carbocycles. The second-order valence-corrected chi connectivity index (χ2v) is 6.22. The first-order valence-corrected chi connectivity index (χ1v) is 8.53. The first-order chi connectivity index (χ1) is 10.8.